The third-order valence-corrected chi connectivity index (χ3v) is 1.34. The average Bonchev–Trinajstić information content (AvgIpc) is 2.10. The lowest BCUT2D eigenvalue weighted by Crippen LogP contribution is -2.34. The van der Waals surface area contributed by atoms with Gasteiger partial charge in [-0.05, 0) is 5.92 Å². The van der Waals surface area contributed by atoms with Crippen LogP contribution in [0.4, 0.5) is 4.79 Å². The molecule has 0 spiro atoms. The molecule has 0 aromatic heterocycles. The highest BCUT2D eigenvalue weighted by Crippen LogP contribution is 1.92. The fraction of sp³-hybridized carbons (Fsp3) is 0.875. The highest BCUT2D eigenvalue weighted by Gasteiger charge is 2.11. The number of aliphatic hydroxyl groups is 2. The summed E-state index contributed by atoms with van der Waals surface area (Å²) in [5.41, 5.74) is 0. The first-order chi connectivity index (χ1) is 6.10. The third kappa shape index (κ3) is 6.36. The molecule has 0 radical (unpaired) electrons. The Labute approximate surface area is 77.7 Å². The van der Waals surface area contributed by atoms with Gasteiger partial charge in [0.25, 0.3) is 0 Å². The van der Waals surface area contributed by atoms with Crippen molar-refractivity contribution in [3.05, 3.63) is 0 Å². The van der Waals surface area contributed by atoms with Crippen molar-refractivity contribution in [3.8, 4) is 0 Å². The highest BCUT2D eigenvalue weighted by molar-refractivity contribution is 5.67. The van der Waals surface area contributed by atoms with Crippen LogP contribution in [0.15, 0.2) is 0 Å². The SMILES string of the molecule is CC(C)CNC(=O)OC(CO)CO. The summed E-state index contributed by atoms with van der Waals surface area (Å²) in [6.07, 6.45) is -1.44. The van der Waals surface area contributed by atoms with Crippen LogP contribution in [0, 0.1) is 5.92 Å². The Hall–Kier alpha value is -0.810. The number of amides is 1. The zero-order valence-corrected chi connectivity index (χ0v) is 7.99. The number of hydrogen-bond donors (Lipinski definition) is 3. The Morgan fingerprint density at radius 2 is 1.92 bits per heavy atom. The van der Waals surface area contributed by atoms with E-state index in [9.17, 15) is 4.79 Å². The first-order valence-corrected chi connectivity index (χ1v) is 4.26. The number of hydrogen-bond acceptors (Lipinski definition) is 4. The van der Waals surface area contributed by atoms with Crippen LogP contribution >= 0.6 is 0 Å². The zero-order valence-electron chi connectivity index (χ0n) is 7.99. The van der Waals surface area contributed by atoms with Crippen LogP contribution in [0.3, 0.4) is 0 Å². The second-order valence-corrected chi connectivity index (χ2v) is 3.17. The zero-order chi connectivity index (χ0) is 10.3. The lowest BCUT2D eigenvalue weighted by molar-refractivity contribution is 0.0220. The van der Waals surface area contributed by atoms with Crippen LogP contribution in [0.5, 0.6) is 0 Å². The molecular weight excluding hydrogens is 174 g/mol. The predicted molar refractivity (Wildman–Crippen MR) is 47.3 cm³/mol. The van der Waals surface area contributed by atoms with E-state index in [1.165, 1.54) is 0 Å². The van der Waals surface area contributed by atoms with Gasteiger partial charge in [-0.25, -0.2) is 4.79 Å². The van der Waals surface area contributed by atoms with Crippen molar-refractivity contribution in [2.45, 2.75) is 20.0 Å². The predicted octanol–water partition coefficient (Wildman–Crippen LogP) is -0.278. The number of nitrogens with one attached hydrogen (secondary N) is 1. The van der Waals surface area contributed by atoms with Crippen LogP contribution in [0.2, 0.25) is 0 Å². The lowest BCUT2D eigenvalue weighted by Gasteiger charge is -2.13. The molecule has 3 N–H and O–H groups in total. The van der Waals surface area contributed by atoms with E-state index in [-0.39, 0.29) is 13.2 Å². The molecule has 0 unspecified atom stereocenters. The molecule has 0 aliphatic heterocycles. The van der Waals surface area contributed by atoms with Crippen molar-refractivity contribution >= 4 is 6.09 Å². The molecule has 0 fully saturated rings. The molecule has 0 saturated carbocycles. The van der Waals surface area contributed by atoms with Crippen molar-refractivity contribution in [1.29, 1.82) is 0 Å². The largest absolute Gasteiger partial charge is 0.441 e. The average molecular weight is 191 g/mol. The van der Waals surface area contributed by atoms with Gasteiger partial charge in [0.1, 0.15) is 6.10 Å². The standard InChI is InChI=1S/C8H17NO4/c1-6(2)3-9-8(12)13-7(4-10)5-11/h6-7,10-11H,3-5H2,1-2H3,(H,9,12). The van der Waals surface area contributed by atoms with Gasteiger partial charge in [0.05, 0.1) is 13.2 Å². The van der Waals surface area contributed by atoms with Gasteiger partial charge in [-0.3, -0.25) is 0 Å². The van der Waals surface area contributed by atoms with Crippen LogP contribution in [-0.4, -0.2) is 42.2 Å². The molecule has 78 valence electrons. The minimum Gasteiger partial charge on any atom is -0.441 e. The van der Waals surface area contributed by atoms with Crippen LogP contribution < -0.4 is 5.32 Å². The summed E-state index contributed by atoms with van der Waals surface area (Å²) in [5, 5.41) is 19.7. The molecule has 0 atom stereocenters. The maximum Gasteiger partial charge on any atom is 0.407 e. The molecule has 5 nitrogen and oxygen atoms in total. The normalized spacial score (nSPS) is 10.6. The van der Waals surface area contributed by atoms with Crippen molar-refractivity contribution in [1.82, 2.24) is 5.32 Å². The summed E-state index contributed by atoms with van der Waals surface area (Å²) in [7, 11) is 0. The molecule has 1 amide bonds. The van der Waals surface area contributed by atoms with E-state index in [4.69, 9.17) is 10.2 Å². The van der Waals surface area contributed by atoms with Gasteiger partial charge in [0.15, 0.2) is 0 Å². The van der Waals surface area contributed by atoms with E-state index in [0.717, 1.165) is 0 Å². The summed E-state index contributed by atoms with van der Waals surface area (Å²) < 4.78 is 4.65. The fourth-order valence-corrected chi connectivity index (χ4v) is 0.613. The maximum atomic E-state index is 10.9. The quantitative estimate of drug-likeness (QED) is 0.558. The molecule has 0 aliphatic carbocycles. The van der Waals surface area contributed by atoms with E-state index in [1.807, 2.05) is 13.8 Å². The number of aliphatic hydroxyl groups excluding tert-OH is 2. The number of carbonyl (C=O) groups is 1. The molecule has 5 heteroatoms. The second-order valence-electron chi connectivity index (χ2n) is 3.17. The van der Waals surface area contributed by atoms with Crippen molar-refractivity contribution in [3.63, 3.8) is 0 Å². The minimum atomic E-state index is -0.827. The van der Waals surface area contributed by atoms with Crippen LogP contribution in [-0.2, 0) is 4.74 Å². The highest BCUT2D eigenvalue weighted by atomic mass is 16.6. The van der Waals surface area contributed by atoms with Gasteiger partial charge in [-0.2, -0.15) is 0 Å². The molecule has 0 bridgehead atoms. The molecule has 0 aromatic rings. The van der Waals surface area contributed by atoms with E-state index >= 15 is 0 Å². The van der Waals surface area contributed by atoms with Gasteiger partial charge >= 0.3 is 6.09 Å². The Kier molecular flexibility index (Phi) is 6.26. The molecular formula is C8H17NO4. The third-order valence-electron chi connectivity index (χ3n) is 1.34. The Balaban J connectivity index is 3.60. The summed E-state index contributed by atoms with van der Waals surface area (Å²) in [4.78, 5) is 10.9. The molecule has 0 heterocycles. The molecule has 0 aliphatic rings. The Morgan fingerprint density at radius 3 is 2.31 bits per heavy atom. The Morgan fingerprint density at radius 1 is 1.38 bits per heavy atom. The smallest absolute Gasteiger partial charge is 0.407 e. The first kappa shape index (κ1) is 12.2. The van der Waals surface area contributed by atoms with Gasteiger partial charge in [0.2, 0.25) is 0 Å². The summed E-state index contributed by atoms with van der Waals surface area (Å²) in [6.45, 7) is 3.69. The monoisotopic (exact) mass is 191 g/mol. The molecule has 0 rings (SSSR count). The number of ether oxygens (including phenoxy) is 1. The number of carbonyl (C=O) groups excluding carboxylic acids is 1. The van der Waals surface area contributed by atoms with Crippen molar-refractivity contribution in [2.75, 3.05) is 19.8 Å². The second kappa shape index (κ2) is 6.68. The summed E-state index contributed by atoms with van der Waals surface area (Å²) in [5.74, 6) is 0.342. The Bertz CT molecular complexity index is 145. The van der Waals surface area contributed by atoms with Gasteiger partial charge in [-0.1, -0.05) is 13.8 Å². The van der Waals surface area contributed by atoms with Crippen LogP contribution in [0.1, 0.15) is 13.8 Å². The summed E-state index contributed by atoms with van der Waals surface area (Å²) in [6, 6.07) is 0. The van der Waals surface area contributed by atoms with Crippen molar-refractivity contribution < 1.29 is 19.7 Å². The van der Waals surface area contributed by atoms with Gasteiger partial charge < -0.3 is 20.3 Å². The number of alkyl carbamates (subject to hydrolysis) is 1. The fourth-order valence-electron chi connectivity index (χ4n) is 0.613. The molecule has 13 heavy (non-hydrogen) atoms. The van der Waals surface area contributed by atoms with Crippen molar-refractivity contribution in [2.24, 2.45) is 5.92 Å². The van der Waals surface area contributed by atoms with E-state index in [0.29, 0.717) is 12.5 Å². The molecule has 0 aromatic carbocycles. The topological polar surface area (TPSA) is 78.8 Å². The van der Waals surface area contributed by atoms with E-state index < -0.39 is 12.2 Å². The van der Waals surface area contributed by atoms with Crippen LogP contribution in [0.25, 0.3) is 0 Å². The maximum absolute atomic E-state index is 10.9. The first-order valence-electron chi connectivity index (χ1n) is 4.26. The van der Waals surface area contributed by atoms with Gasteiger partial charge in [-0.15, -0.1) is 0 Å². The van der Waals surface area contributed by atoms with E-state index in [2.05, 4.69) is 10.1 Å². The van der Waals surface area contributed by atoms with Gasteiger partial charge in [0, 0.05) is 6.54 Å². The minimum absolute atomic E-state index is 0.342. The summed E-state index contributed by atoms with van der Waals surface area (Å²) >= 11 is 0. The van der Waals surface area contributed by atoms with E-state index in [1.54, 1.807) is 0 Å². The lowest BCUT2D eigenvalue weighted by atomic mass is 10.2. The molecule has 0 saturated heterocycles. The number of rotatable bonds is 5.